The second-order valence-corrected chi connectivity index (χ2v) is 8.54. The second-order valence-electron chi connectivity index (χ2n) is 8.54. The number of hydrogen-bond donors (Lipinski definition) is 0. The molecule has 5 heteroatoms. The van der Waals surface area contributed by atoms with Gasteiger partial charge in [-0.15, -0.1) is 0 Å². The SMILES string of the molecule is CCN1CCN(c2nc(/C=C/c3cccc(N4CCOCC4)c3)cc3ccccc23)CC1. The predicted octanol–water partition coefficient (Wildman–Crippen LogP) is 4.38. The van der Waals surface area contributed by atoms with Crippen LogP contribution in [0.15, 0.2) is 54.6 Å². The van der Waals surface area contributed by atoms with E-state index in [0.29, 0.717) is 0 Å². The summed E-state index contributed by atoms with van der Waals surface area (Å²) in [7, 11) is 0. The average molecular weight is 429 g/mol. The number of pyridine rings is 1. The predicted molar refractivity (Wildman–Crippen MR) is 134 cm³/mol. The molecule has 166 valence electrons. The first-order valence-electron chi connectivity index (χ1n) is 11.8. The number of ether oxygens (including phenoxy) is 1. The molecule has 0 N–H and O–H groups in total. The fourth-order valence-electron chi connectivity index (χ4n) is 4.63. The molecule has 0 radical (unpaired) electrons. The lowest BCUT2D eigenvalue weighted by Crippen LogP contribution is -2.46. The van der Waals surface area contributed by atoms with E-state index in [0.717, 1.165) is 70.5 Å². The molecular formula is C27H32N4O. The number of rotatable bonds is 5. The summed E-state index contributed by atoms with van der Waals surface area (Å²) in [6.45, 7) is 11.1. The summed E-state index contributed by atoms with van der Waals surface area (Å²) < 4.78 is 5.49. The lowest BCUT2D eigenvalue weighted by Gasteiger charge is -2.35. The van der Waals surface area contributed by atoms with Crippen molar-refractivity contribution in [2.45, 2.75) is 6.92 Å². The van der Waals surface area contributed by atoms with Crippen LogP contribution in [0.25, 0.3) is 22.9 Å². The normalized spacial score (nSPS) is 18.0. The molecule has 2 aliphatic heterocycles. The number of anilines is 2. The monoisotopic (exact) mass is 428 g/mol. The fourth-order valence-corrected chi connectivity index (χ4v) is 4.63. The minimum Gasteiger partial charge on any atom is -0.378 e. The van der Waals surface area contributed by atoms with Crippen LogP contribution in [0.4, 0.5) is 11.5 Å². The first-order valence-corrected chi connectivity index (χ1v) is 11.8. The summed E-state index contributed by atoms with van der Waals surface area (Å²) in [5, 5.41) is 2.49. The largest absolute Gasteiger partial charge is 0.378 e. The van der Waals surface area contributed by atoms with E-state index in [9.17, 15) is 0 Å². The second kappa shape index (κ2) is 9.72. The number of piperazine rings is 1. The molecule has 0 spiro atoms. The quantitative estimate of drug-likeness (QED) is 0.602. The lowest BCUT2D eigenvalue weighted by molar-refractivity contribution is 0.122. The molecule has 5 rings (SSSR count). The van der Waals surface area contributed by atoms with Gasteiger partial charge < -0.3 is 19.4 Å². The number of hydrogen-bond acceptors (Lipinski definition) is 5. The minimum atomic E-state index is 0.802. The Hall–Kier alpha value is -2.89. The Morgan fingerprint density at radius 3 is 2.47 bits per heavy atom. The molecule has 3 heterocycles. The van der Waals surface area contributed by atoms with Gasteiger partial charge in [0.2, 0.25) is 0 Å². The van der Waals surface area contributed by atoms with Crippen LogP contribution in [0.5, 0.6) is 0 Å². The van der Waals surface area contributed by atoms with Crippen LogP contribution in [0.3, 0.4) is 0 Å². The van der Waals surface area contributed by atoms with Crippen molar-refractivity contribution in [3.8, 4) is 0 Å². The van der Waals surface area contributed by atoms with Crippen molar-refractivity contribution in [1.29, 1.82) is 0 Å². The van der Waals surface area contributed by atoms with Crippen LogP contribution in [-0.4, -0.2) is 68.9 Å². The molecule has 3 aromatic rings. The number of morpholine rings is 1. The Morgan fingerprint density at radius 2 is 1.66 bits per heavy atom. The zero-order chi connectivity index (χ0) is 21.8. The first-order chi connectivity index (χ1) is 15.8. The third kappa shape index (κ3) is 4.64. The Bertz CT molecular complexity index is 1080. The Kier molecular flexibility index (Phi) is 6.37. The molecule has 1 aromatic heterocycles. The molecule has 5 nitrogen and oxygen atoms in total. The van der Waals surface area contributed by atoms with Gasteiger partial charge in [0.15, 0.2) is 0 Å². The van der Waals surface area contributed by atoms with Gasteiger partial charge in [0.25, 0.3) is 0 Å². The first kappa shape index (κ1) is 21.0. The molecule has 0 saturated carbocycles. The van der Waals surface area contributed by atoms with Crippen molar-refractivity contribution in [1.82, 2.24) is 9.88 Å². The van der Waals surface area contributed by atoms with Crippen LogP contribution in [-0.2, 0) is 4.74 Å². The van der Waals surface area contributed by atoms with Crippen molar-refractivity contribution in [2.75, 3.05) is 68.8 Å². The lowest BCUT2D eigenvalue weighted by atomic mass is 10.1. The van der Waals surface area contributed by atoms with Crippen molar-refractivity contribution >= 4 is 34.4 Å². The van der Waals surface area contributed by atoms with E-state index in [1.807, 2.05) is 0 Å². The Labute approximate surface area is 190 Å². The molecule has 2 fully saturated rings. The van der Waals surface area contributed by atoms with Crippen molar-refractivity contribution in [3.05, 3.63) is 65.9 Å². The maximum atomic E-state index is 5.49. The minimum absolute atomic E-state index is 0.802. The summed E-state index contributed by atoms with van der Waals surface area (Å²) in [6.07, 6.45) is 4.33. The highest BCUT2D eigenvalue weighted by molar-refractivity contribution is 5.94. The standard InChI is InChI=1S/C27H32N4O/c1-2-29-12-14-31(15-13-29)27-26-9-4-3-7-23(26)21-24(28-27)11-10-22-6-5-8-25(20-22)30-16-18-32-19-17-30/h3-11,20-21H,2,12-19H2,1H3/b11-10+. The third-order valence-corrected chi connectivity index (χ3v) is 6.55. The van der Waals surface area contributed by atoms with Crippen LogP contribution >= 0.6 is 0 Å². The molecule has 0 amide bonds. The van der Waals surface area contributed by atoms with E-state index in [2.05, 4.69) is 88.4 Å². The zero-order valence-corrected chi connectivity index (χ0v) is 18.9. The van der Waals surface area contributed by atoms with E-state index in [1.165, 1.54) is 22.0 Å². The zero-order valence-electron chi connectivity index (χ0n) is 18.9. The van der Waals surface area contributed by atoms with Gasteiger partial charge in [-0.3, -0.25) is 0 Å². The van der Waals surface area contributed by atoms with Crippen molar-refractivity contribution < 1.29 is 4.74 Å². The van der Waals surface area contributed by atoms with E-state index >= 15 is 0 Å². The van der Waals surface area contributed by atoms with E-state index in [4.69, 9.17) is 9.72 Å². The van der Waals surface area contributed by atoms with Gasteiger partial charge in [0.1, 0.15) is 5.82 Å². The number of benzene rings is 2. The maximum Gasteiger partial charge on any atom is 0.137 e. The van der Waals surface area contributed by atoms with Gasteiger partial charge in [-0.05, 0) is 41.8 Å². The maximum absolute atomic E-state index is 5.49. The van der Waals surface area contributed by atoms with E-state index in [1.54, 1.807) is 0 Å². The van der Waals surface area contributed by atoms with Gasteiger partial charge >= 0.3 is 0 Å². The molecule has 32 heavy (non-hydrogen) atoms. The molecule has 2 aliphatic rings. The fraction of sp³-hybridized carbons (Fsp3) is 0.370. The van der Waals surface area contributed by atoms with Gasteiger partial charge in [-0.25, -0.2) is 4.98 Å². The summed E-state index contributed by atoms with van der Waals surface area (Å²) >= 11 is 0. The van der Waals surface area contributed by atoms with Crippen LogP contribution < -0.4 is 9.80 Å². The number of likely N-dealkylation sites (N-methyl/N-ethyl adjacent to an activating group) is 1. The third-order valence-electron chi connectivity index (χ3n) is 6.55. The summed E-state index contributed by atoms with van der Waals surface area (Å²) in [5.41, 5.74) is 3.46. The van der Waals surface area contributed by atoms with Crippen LogP contribution in [0.1, 0.15) is 18.2 Å². The van der Waals surface area contributed by atoms with Gasteiger partial charge in [-0.1, -0.05) is 49.4 Å². The molecule has 0 unspecified atom stereocenters. The van der Waals surface area contributed by atoms with Gasteiger partial charge in [-0.2, -0.15) is 0 Å². The highest BCUT2D eigenvalue weighted by Gasteiger charge is 2.19. The topological polar surface area (TPSA) is 31.8 Å². The Morgan fingerprint density at radius 1 is 0.844 bits per heavy atom. The van der Waals surface area contributed by atoms with Crippen LogP contribution in [0.2, 0.25) is 0 Å². The Balaban J connectivity index is 1.41. The molecular weight excluding hydrogens is 396 g/mol. The molecule has 2 aromatic carbocycles. The highest BCUT2D eigenvalue weighted by atomic mass is 16.5. The summed E-state index contributed by atoms with van der Waals surface area (Å²) in [6, 6.07) is 19.6. The highest BCUT2D eigenvalue weighted by Crippen LogP contribution is 2.28. The van der Waals surface area contributed by atoms with Crippen molar-refractivity contribution in [2.24, 2.45) is 0 Å². The van der Waals surface area contributed by atoms with Crippen LogP contribution in [0, 0.1) is 0 Å². The average Bonchev–Trinajstić information content (AvgIpc) is 2.88. The summed E-state index contributed by atoms with van der Waals surface area (Å²) in [4.78, 5) is 12.4. The molecule has 0 aliphatic carbocycles. The molecule has 0 bridgehead atoms. The number of nitrogens with zero attached hydrogens (tertiary/aromatic N) is 4. The van der Waals surface area contributed by atoms with Crippen molar-refractivity contribution in [3.63, 3.8) is 0 Å². The molecule has 2 saturated heterocycles. The molecule has 0 atom stereocenters. The van der Waals surface area contributed by atoms with Gasteiger partial charge in [0, 0.05) is 50.3 Å². The number of aromatic nitrogens is 1. The summed E-state index contributed by atoms with van der Waals surface area (Å²) in [5.74, 6) is 1.11. The van der Waals surface area contributed by atoms with E-state index in [-0.39, 0.29) is 0 Å². The number of fused-ring (bicyclic) bond motifs is 1. The van der Waals surface area contributed by atoms with E-state index < -0.39 is 0 Å². The van der Waals surface area contributed by atoms with Gasteiger partial charge in [0.05, 0.1) is 18.9 Å². The smallest absolute Gasteiger partial charge is 0.137 e.